The Bertz CT molecular complexity index is 62.4. The predicted molar refractivity (Wildman–Crippen MR) is 43.3 cm³/mol. The molecule has 0 aromatic heterocycles. The number of allylic oxidation sites excluding steroid dienone is 2. The van der Waals surface area contributed by atoms with Gasteiger partial charge in [-0.25, -0.2) is 0 Å². The molecule has 0 atom stereocenters. The third kappa shape index (κ3) is 7.74. The SMILES string of the molecule is C[CH]C=CCCCCC. The topological polar surface area (TPSA) is 0 Å². The summed E-state index contributed by atoms with van der Waals surface area (Å²) in [4.78, 5) is 0. The first-order valence-electron chi connectivity index (χ1n) is 3.86. The quantitative estimate of drug-likeness (QED) is 0.494. The lowest BCUT2D eigenvalue weighted by atomic mass is 10.2. The van der Waals surface area contributed by atoms with Gasteiger partial charge in [-0.1, -0.05) is 38.8 Å². The molecule has 0 rings (SSSR count). The van der Waals surface area contributed by atoms with E-state index in [4.69, 9.17) is 0 Å². The largest absolute Gasteiger partial charge is 0.0882 e. The highest BCUT2D eigenvalue weighted by Crippen LogP contribution is 1.99. The number of hydrogen-bond acceptors (Lipinski definition) is 0. The molecule has 0 bridgehead atoms. The van der Waals surface area contributed by atoms with Crippen LogP contribution >= 0.6 is 0 Å². The van der Waals surface area contributed by atoms with Crippen LogP contribution < -0.4 is 0 Å². The first-order valence-corrected chi connectivity index (χ1v) is 3.86. The van der Waals surface area contributed by atoms with Crippen LogP contribution in [-0.2, 0) is 0 Å². The lowest BCUT2D eigenvalue weighted by Gasteiger charge is -1.89. The molecule has 53 valence electrons. The zero-order valence-corrected chi connectivity index (χ0v) is 6.56. The number of unbranched alkanes of at least 4 members (excludes halogenated alkanes) is 3. The van der Waals surface area contributed by atoms with Crippen molar-refractivity contribution >= 4 is 0 Å². The Morgan fingerprint density at radius 2 is 2.00 bits per heavy atom. The van der Waals surface area contributed by atoms with E-state index >= 15 is 0 Å². The minimum atomic E-state index is 1.25. The van der Waals surface area contributed by atoms with Crippen molar-refractivity contribution in [2.24, 2.45) is 0 Å². The highest BCUT2D eigenvalue weighted by atomic mass is 13.9. The normalized spacial score (nSPS) is 10.9. The molecule has 0 aromatic rings. The summed E-state index contributed by atoms with van der Waals surface area (Å²) in [5.74, 6) is 0. The predicted octanol–water partition coefficient (Wildman–Crippen LogP) is 3.35. The standard InChI is InChI=1S/C9H17/c1-3-5-7-9-8-6-4-2/h3,5,7H,4,6,8-9H2,1-2H3. The molecule has 9 heavy (non-hydrogen) atoms. The molecule has 0 nitrogen and oxygen atoms in total. The highest BCUT2D eigenvalue weighted by Gasteiger charge is 1.79. The van der Waals surface area contributed by atoms with Crippen molar-refractivity contribution in [1.82, 2.24) is 0 Å². The van der Waals surface area contributed by atoms with Gasteiger partial charge in [-0.05, 0) is 19.3 Å². The van der Waals surface area contributed by atoms with Crippen LogP contribution in [0.5, 0.6) is 0 Å². The van der Waals surface area contributed by atoms with Gasteiger partial charge in [-0.15, -0.1) is 0 Å². The van der Waals surface area contributed by atoms with E-state index < -0.39 is 0 Å². The van der Waals surface area contributed by atoms with E-state index in [1.54, 1.807) is 0 Å². The van der Waals surface area contributed by atoms with Gasteiger partial charge < -0.3 is 0 Å². The molecule has 0 amide bonds. The Hall–Kier alpha value is -0.260. The van der Waals surface area contributed by atoms with Crippen molar-refractivity contribution in [3.63, 3.8) is 0 Å². The van der Waals surface area contributed by atoms with Crippen molar-refractivity contribution < 1.29 is 0 Å². The van der Waals surface area contributed by atoms with E-state index in [9.17, 15) is 0 Å². The van der Waals surface area contributed by atoms with Crippen LogP contribution in [0.25, 0.3) is 0 Å². The number of hydrogen-bond donors (Lipinski definition) is 0. The second-order valence-electron chi connectivity index (χ2n) is 2.26. The summed E-state index contributed by atoms with van der Waals surface area (Å²) in [6, 6.07) is 0. The second-order valence-corrected chi connectivity index (χ2v) is 2.26. The van der Waals surface area contributed by atoms with Gasteiger partial charge in [-0.2, -0.15) is 0 Å². The van der Waals surface area contributed by atoms with E-state index in [0.717, 1.165) is 0 Å². The van der Waals surface area contributed by atoms with Gasteiger partial charge in [-0.3, -0.25) is 0 Å². The summed E-state index contributed by atoms with van der Waals surface area (Å²) in [5.41, 5.74) is 0. The maximum atomic E-state index is 2.23. The number of rotatable bonds is 5. The smallest absolute Gasteiger partial charge is 0.0202 e. The summed E-state index contributed by atoms with van der Waals surface area (Å²) < 4.78 is 0. The van der Waals surface area contributed by atoms with Gasteiger partial charge in [0.25, 0.3) is 0 Å². The summed E-state index contributed by atoms with van der Waals surface area (Å²) >= 11 is 0. The van der Waals surface area contributed by atoms with Gasteiger partial charge in [0.05, 0.1) is 0 Å². The van der Waals surface area contributed by atoms with Gasteiger partial charge in [0.1, 0.15) is 0 Å². The van der Waals surface area contributed by atoms with Crippen LogP contribution in [0.4, 0.5) is 0 Å². The van der Waals surface area contributed by atoms with E-state index in [1.165, 1.54) is 25.7 Å². The monoisotopic (exact) mass is 125 g/mol. The van der Waals surface area contributed by atoms with Crippen LogP contribution in [0.2, 0.25) is 0 Å². The molecular weight excluding hydrogens is 108 g/mol. The molecule has 0 saturated carbocycles. The van der Waals surface area contributed by atoms with E-state index in [-0.39, 0.29) is 0 Å². The van der Waals surface area contributed by atoms with E-state index in [0.29, 0.717) is 0 Å². The summed E-state index contributed by atoms with van der Waals surface area (Å²) in [7, 11) is 0. The summed E-state index contributed by atoms with van der Waals surface area (Å²) in [5, 5.41) is 0. The van der Waals surface area contributed by atoms with Gasteiger partial charge in [0.15, 0.2) is 0 Å². The Morgan fingerprint density at radius 3 is 2.56 bits per heavy atom. The molecule has 0 aromatic carbocycles. The third-order valence-corrected chi connectivity index (χ3v) is 1.30. The van der Waals surface area contributed by atoms with Crippen LogP contribution in [0.15, 0.2) is 12.2 Å². The van der Waals surface area contributed by atoms with E-state index in [2.05, 4.69) is 32.4 Å². The van der Waals surface area contributed by atoms with Gasteiger partial charge in [0, 0.05) is 0 Å². The lowest BCUT2D eigenvalue weighted by molar-refractivity contribution is 0.729. The lowest BCUT2D eigenvalue weighted by Crippen LogP contribution is -1.69. The maximum Gasteiger partial charge on any atom is -0.0202 e. The molecule has 0 aliphatic heterocycles. The Morgan fingerprint density at radius 1 is 1.22 bits per heavy atom. The van der Waals surface area contributed by atoms with Crippen molar-refractivity contribution in [1.29, 1.82) is 0 Å². The molecule has 0 saturated heterocycles. The van der Waals surface area contributed by atoms with Crippen LogP contribution in [0.1, 0.15) is 39.5 Å². The fourth-order valence-electron chi connectivity index (χ4n) is 0.744. The minimum Gasteiger partial charge on any atom is -0.0882 e. The molecule has 0 fully saturated rings. The minimum absolute atomic E-state index is 1.25. The Labute approximate surface area is 59.0 Å². The fourth-order valence-corrected chi connectivity index (χ4v) is 0.744. The van der Waals surface area contributed by atoms with Gasteiger partial charge in [0.2, 0.25) is 0 Å². The highest BCUT2D eigenvalue weighted by molar-refractivity contribution is 4.91. The second kappa shape index (κ2) is 7.74. The van der Waals surface area contributed by atoms with Crippen LogP contribution in [0.3, 0.4) is 0 Å². The van der Waals surface area contributed by atoms with Crippen LogP contribution in [0, 0.1) is 6.42 Å². The maximum absolute atomic E-state index is 2.23. The average Bonchev–Trinajstić information content (AvgIpc) is 1.89. The molecule has 0 aliphatic carbocycles. The Kier molecular flexibility index (Phi) is 7.52. The van der Waals surface area contributed by atoms with Crippen LogP contribution in [-0.4, -0.2) is 0 Å². The first-order chi connectivity index (χ1) is 4.41. The zero-order valence-electron chi connectivity index (χ0n) is 6.56. The summed E-state index contributed by atoms with van der Waals surface area (Å²) in [6.45, 7) is 4.28. The molecule has 0 N–H and O–H groups in total. The van der Waals surface area contributed by atoms with Gasteiger partial charge >= 0.3 is 0 Å². The molecule has 1 radical (unpaired) electrons. The first kappa shape index (κ1) is 8.74. The van der Waals surface area contributed by atoms with Crippen molar-refractivity contribution in [2.45, 2.75) is 39.5 Å². The fraction of sp³-hybridized carbons (Fsp3) is 0.667. The van der Waals surface area contributed by atoms with Crippen molar-refractivity contribution in [3.05, 3.63) is 18.6 Å². The average molecular weight is 125 g/mol. The summed E-state index contributed by atoms with van der Waals surface area (Å²) in [6.07, 6.45) is 11.7. The molecule has 0 heteroatoms. The molecule has 0 unspecified atom stereocenters. The molecule has 0 spiro atoms. The molecule has 0 heterocycles. The zero-order chi connectivity index (χ0) is 6.95. The third-order valence-electron chi connectivity index (χ3n) is 1.30. The molecule has 0 aliphatic rings. The Balaban J connectivity index is 2.82. The van der Waals surface area contributed by atoms with Crippen molar-refractivity contribution in [3.8, 4) is 0 Å². The van der Waals surface area contributed by atoms with E-state index in [1.807, 2.05) is 0 Å². The van der Waals surface area contributed by atoms with Crippen molar-refractivity contribution in [2.75, 3.05) is 0 Å². The molecular formula is C9H17.